The summed E-state index contributed by atoms with van der Waals surface area (Å²) in [6.07, 6.45) is 5.05. The summed E-state index contributed by atoms with van der Waals surface area (Å²) in [5, 5.41) is 11.2. The third kappa shape index (κ3) is 2.22. The minimum Gasteiger partial charge on any atom is -0.380 e. The molecular formula is C18H18O. The number of hydrogen-bond donors (Lipinski definition) is 1. The molecule has 3 rings (SSSR count). The molecule has 1 unspecified atom stereocenters. The Morgan fingerprint density at radius 3 is 2.16 bits per heavy atom. The molecule has 1 heteroatoms. The summed E-state index contributed by atoms with van der Waals surface area (Å²) in [5.41, 5.74) is 2.31. The molecule has 0 saturated carbocycles. The smallest absolute Gasteiger partial charge is 0.115 e. The van der Waals surface area contributed by atoms with Crippen molar-refractivity contribution in [2.45, 2.75) is 24.9 Å². The minimum absolute atomic E-state index is 0.789. The van der Waals surface area contributed by atoms with Crippen molar-refractivity contribution >= 4 is 5.57 Å². The molecule has 2 aromatic carbocycles. The minimum atomic E-state index is -0.846. The van der Waals surface area contributed by atoms with Crippen LogP contribution in [-0.4, -0.2) is 5.11 Å². The van der Waals surface area contributed by atoms with Gasteiger partial charge in [0.1, 0.15) is 5.60 Å². The average Bonchev–Trinajstić information content (AvgIpc) is 2.49. The van der Waals surface area contributed by atoms with Crippen LogP contribution in [0, 0.1) is 0 Å². The van der Waals surface area contributed by atoms with Crippen LogP contribution in [0.1, 0.15) is 30.4 Å². The van der Waals surface area contributed by atoms with E-state index in [9.17, 15) is 5.11 Å². The van der Waals surface area contributed by atoms with Gasteiger partial charge in [0.2, 0.25) is 0 Å². The largest absolute Gasteiger partial charge is 0.380 e. The van der Waals surface area contributed by atoms with Crippen molar-refractivity contribution in [3.8, 4) is 0 Å². The first-order valence-corrected chi connectivity index (χ1v) is 6.85. The lowest BCUT2D eigenvalue weighted by Gasteiger charge is -2.35. The van der Waals surface area contributed by atoms with E-state index >= 15 is 0 Å². The lowest BCUT2D eigenvalue weighted by molar-refractivity contribution is 0.0841. The standard InChI is InChI=1S/C18H18O/c19-18(16-11-5-2-6-12-16)14-8-7-13-17(18)15-9-3-1-4-10-15/h1-6,9-13,19H,7-8,14H2. The average molecular weight is 250 g/mol. The summed E-state index contributed by atoms with van der Waals surface area (Å²) in [7, 11) is 0. The molecule has 19 heavy (non-hydrogen) atoms. The second-order valence-electron chi connectivity index (χ2n) is 5.10. The highest BCUT2D eigenvalue weighted by atomic mass is 16.3. The molecule has 0 radical (unpaired) electrons. The molecule has 0 heterocycles. The van der Waals surface area contributed by atoms with Gasteiger partial charge in [-0.3, -0.25) is 0 Å². The third-order valence-corrected chi connectivity index (χ3v) is 3.87. The third-order valence-electron chi connectivity index (χ3n) is 3.87. The van der Waals surface area contributed by atoms with Crippen molar-refractivity contribution in [1.29, 1.82) is 0 Å². The summed E-state index contributed by atoms with van der Waals surface area (Å²) in [6.45, 7) is 0. The second-order valence-corrected chi connectivity index (χ2v) is 5.10. The monoisotopic (exact) mass is 250 g/mol. The number of aliphatic hydroxyl groups is 1. The highest BCUT2D eigenvalue weighted by Gasteiger charge is 2.35. The Balaban J connectivity index is 2.09. The fraction of sp³-hybridized carbons (Fsp3) is 0.222. The zero-order valence-electron chi connectivity index (χ0n) is 10.9. The van der Waals surface area contributed by atoms with Gasteiger partial charge in [0.05, 0.1) is 0 Å². The number of rotatable bonds is 2. The van der Waals surface area contributed by atoms with Crippen molar-refractivity contribution in [3.63, 3.8) is 0 Å². The van der Waals surface area contributed by atoms with Crippen LogP contribution in [-0.2, 0) is 5.60 Å². The lowest BCUT2D eigenvalue weighted by atomic mass is 9.75. The summed E-state index contributed by atoms with van der Waals surface area (Å²) in [6, 6.07) is 20.2. The highest BCUT2D eigenvalue weighted by Crippen LogP contribution is 2.43. The Hall–Kier alpha value is -1.86. The maximum absolute atomic E-state index is 11.2. The van der Waals surface area contributed by atoms with Crippen LogP contribution < -0.4 is 0 Å². The van der Waals surface area contributed by atoms with Gasteiger partial charge < -0.3 is 5.11 Å². The van der Waals surface area contributed by atoms with E-state index in [-0.39, 0.29) is 0 Å². The van der Waals surface area contributed by atoms with Crippen LogP contribution >= 0.6 is 0 Å². The van der Waals surface area contributed by atoms with Gasteiger partial charge in [-0.1, -0.05) is 66.7 Å². The predicted octanol–water partition coefficient (Wildman–Crippen LogP) is 4.14. The van der Waals surface area contributed by atoms with E-state index in [4.69, 9.17) is 0 Å². The quantitative estimate of drug-likeness (QED) is 0.849. The van der Waals surface area contributed by atoms with Gasteiger partial charge in [-0.15, -0.1) is 0 Å². The summed E-state index contributed by atoms with van der Waals surface area (Å²) >= 11 is 0. The van der Waals surface area contributed by atoms with Crippen LogP contribution in [0.25, 0.3) is 5.57 Å². The van der Waals surface area contributed by atoms with Crippen LogP contribution in [0.2, 0.25) is 0 Å². The van der Waals surface area contributed by atoms with Gasteiger partial charge >= 0.3 is 0 Å². The van der Waals surface area contributed by atoms with Crippen molar-refractivity contribution in [2.75, 3.05) is 0 Å². The van der Waals surface area contributed by atoms with Gasteiger partial charge in [0.15, 0.2) is 0 Å². The fourth-order valence-corrected chi connectivity index (χ4v) is 2.90. The molecule has 0 aliphatic heterocycles. The summed E-state index contributed by atoms with van der Waals surface area (Å²) in [4.78, 5) is 0. The Morgan fingerprint density at radius 1 is 0.842 bits per heavy atom. The molecule has 0 spiro atoms. The zero-order chi connectivity index (χ0) is 13.1. The molecule has 96 valence electrons. The van der Waals surface area contributed by atoms with Crippen molar-refractivity contribution in [1.82, 2.24) is 0 Å². The first-order chi connectivity index (χ1) is 9.31. The number of allylic oxidation sites excluding steroid dienone is 1. The summed E-state index contributed by atoms with van der Waals surface area (Å²) in [5.74, 6) is 0. The van der Waals surface area contributed by atoms with Crippen molar-refractivity contribution < 1.29 is 5.11 Å². The van der Waals surface area contributed by atoms with Crippen molar-refractivity contribution in [3.05, 3.63) is 77.9 Å². The van der Waals surface area contributed by atoms with E-state index in [0.29, 0.717) is 0 Å². The molecule has 2 aromatic rings. The lowest BCUT2D eigenvalue weighted by Crippen LogP contribution is -2.29. The normalized spacial score (nSPS) is 22.9. The number of benzene rings is 2. The predicted molar refractivity (Wildman–Crippen MR) is 78.6 cm³/mol. The molecule has 0 fully saturated rings. The van der Waals surface area contributed by atoms with E-state index in [1.807, 2.05) is 48.5 Å². The zero-order valence-corrected chi connectivity index (χ0v) is 10.9. The van der Waals surface area contributed by atoms with E-state index in [1.165, 1.54) is 0 Å². The molecule has 0 aromatic heterocycles. The maximum Gasteiger partial charge on any atom is 0.115 e. The first kappa shape index (κ1) is 12.2. The molecule has 0 amide bonds. The van der Waals surface area contributed by atoms with E-state index in [0.717, 1.165) is 36.0 Å². The Kier molecular flexibility index (Phi) is 3.22. The first-order valence-electron chi connectivity index (χ1n) is 6.85. The number of hydrogen-bond acceptors (Lipinski definition) is 1. The van der Waals surface area contributed by atoms with Gasteiger partial charge in [-0.25, -0.2) is 0 Å². The van der Waals surface area contributed by atoms with Crippen LogP contribution in [0.3, 0.4) is 0 Å². The molecule has 1 atom stereocenters. The van der Waals surface area contributed by atoms with Gasteiger partial charge in [-0.2, -0.15) is 0 Å². The van der Waals surface area contributed by atoms with Crippen LogP contribution in [0.4, 0.5) is 0 Å². The molecule has 1 aliphatic carbocycles. The van der Waals surface area contributed by atoms with E-state index < -0.39 is 5.60 Å². The van der Waals surface area contributed by atoms with Gasteiger partial charge in [-0.05, 0) is 36.0 Å². The molecule has 1 aliphatic rings. The fourth-order valence-electron chi connectivity index (χ4n) is 2.90. The van der Waals surface area contributed by atoms with Gasteiger partial charge in [0.25, 0.3) is 0 Å². The molecule has 0 bridgehead atoms. The van der Waals surface area contributed by atoms with Crippen molar-refractivity contribution in [2.24, 2.45) is 0 Å². The molecular weight excluding hydrogens is 232 g/mol. The van der Waals surface area contributed by atoms with Gasteiger partial charge in [0, 0.05) is 0 Å². The Labute approximate surface area is 114 Å². The Bertz CT molecular complexity index is 571. The van der Waals surface area contributed by atoms with E-state index in [2.05, 4.69) is 18.2 Å². The highest BCUT2D eigenvalue weighted by molar-refractivity contribution is 5.74. The molecule has 1 nitrogen and oxygen atoms in total. The Morgan fingerprint density at radius 2 is 1.47 bits per heavy atom. The van der Waals surface area contributed by atoms with E-state index in [1.54, 1.807) is 0 Å². The van der Waals surface area contributed by atoms with Crippen LogP contribution in [0.15, 0.2) is 66.7 Å². The topological polar surface area (TPSA) is 20.2 Å². The second kappa shape index (κ2) is 5.02. The maximum atomic E-state index is 11.2. The molecule has 0 saturated heterocycles. The molecule has 1 N–H and O–H groups in total. The van der Waals surface area contributed by atoms with Crippen LogP contribution in [0.5, 0.6) is 0 Å². The SMILES string of the molecule is OC1(c2ccccc2)CCCC=C1c1ccccc1. The summed E-state index contributed by atoms with van der Waals surface area (Å²) < 4.78 is 0.